The average Bonchev–Trinajstić information content (AvgIpc) is 1.69. The molecule has 0 aromatic heterocycles. The molecule has 0 aromatic rings. The van der Waals surface area contributed by atoms with Crippen LogP contribution < -0.4 is 0 Å². The summed E-state index contributed by atoms with van der Waals surface area (Å²) in [5.74, 6) is 0. The van der Waals surface area contributed by atoms with E-state index >= 15 is 0 Å². The van der Waals surface area contributed by atoms with Crippen LogP contribution in [0, 0.1) is 5.21 Å². The SMILES string of the molecule is [O-]N1CCC=NC1. The van der Waals surface area contributed by atoms with Gasteiger partial charge in [-0.15, -0.1) is 0 Å². The van der Waals surface area contributed by atoms with Gasteiger partial charge < -0.3 is 10.3 Å². The van der Waals surface area contributed by atoms with E-state index in [2.05, 4.69) is 4.99 Å². The van der Waals surface area contributed by atoms with Gasteiger partial charge >= 0.3 is 0 Å². The Labute approximate surface area is 42.2 Å². The first-order chi connectivity index (χ1) is 3.39. The quantitative estimate of drug-likeness (QED) is 0.435. The third-order valence-corrected chi connectivity index (χ3v) is 0.876. The summed E-state index contributed by atoms with van der Waals surface area (Å²) < 4.78 is 0. The molecule has 0 saturated carbocycles. The highest BCUT2D eigenvalue weighted by Gasteiger charge is 1.90. The van der Waals surface area contributed by atoms with Crippen LogP contribution in [0.5, 0.6) is 0 Å². The lowest BCUT2D eigenvalue weighted by atomic mass is 10.4. The molecule has 0 unspecified atom stereocenters. The molecule has 3 nitrogen and oxygen atoms in total. The first-order valence-electron chi connectivity index (χ1n) is 2.30. The number of hydroxylamine groups is 2. The normalized spacial score (nSPS) is 23.0. The predicted molar refractivity (Wildman–Crippen MR) is 28.0 cm³/mol. The zero-order valence-electron chi connectivity index (χ0n) is 4.00. The van der Waals surface area contributed by atoms with Crippen molar-refractivity contribution >= 4 is 6.21 Å². The summed E-state index contributed by atoms with van der Waals surface area (Å²) in [6.07, 6.45) is 2.60. The van der Waals surface area contributed by atoms with E-state index in [1.54, 1.807) is 6.21 Å². The van der Waals surface area contributed by atoms with Crippen LogP contribution in [0.2, 0.25) is 0 Å². The molecule has 0 aliphatic carbocycles. The van der Waals surface area contributed by atoms with Gasteiger partial charge in [-0.1, -0.05) is 0 Å². The lowest BCUT2D eigenvalue weighted by Crippen LogP contribution is -2.21. The number of aliphatic imine (C=N–C) groups is 1. The Kier molecular flexibility index (Phi) is 1.38. The van der Waals surface area contributed by atoms with Crippen LogP contribution in [0.3, 0.4) is 0 Å². The molecule has 0 atom stereocenters. The van der Waals surface area contributed by atoms with Crippen molar-refractivity contribution < 1.29 is 0 Å². The van der Waals surface area contributed by atoms with Crippen LogP contribution in [-0.4, -0.2) is 24.5 Å². The summed E-state index contributed by atoms with van der Waals surface area (Å²) in [5, 5.41) is 11.2. The summed E-state index contributed by atoms with van der Waals surface area (Å²) in [6, 6.07) is 0. The largest absolute Gasteiger partial charge is 0.784 e. The van der Waals surface area contributed by atoms with E-state index in [1.807, 2.05) is 0 Å². The zero-order chi connectivity index (χ0) is 5.11. The molecule has 0 fully saturated rings. The fraction of sp³-hybridized carbons (Fsp3) is 0.750. The molecule has 40 valence electrons. The van der Waals surface area contributed by atoms with Crippen molar-refractivity contribution in [2.75, 3.05) is 13.2 Å². The Morgan fingerprint density at radius 3 is 2.86 bits per heavy atom. The molecule has 0 radical (unpaired) electrons. The van der Waals surface area contributed by atoms with Crippen LogP contribution in [0.1, 0.15) is 6.42 Å². The van der Waals surface area contributed by atoms with Crippen LogP contribution in [-0.2, 0) is 0 Å². The van der Waals surface area contributed by atoms with Crippen molar-refractivity contribution in [3.05, 3.63) is 5.21 Å². The van der Waals surface area contributed by atoms with E-state index < -0.39 is 0 Å². The first kappa shape index (κ1) is 4.74. The van der Waals surface area contributed by atoms with Gasteiger partial charge in [0, 0.05) is 6.21 Å². The van der Waals surface area contributed by atoms with E-state index in [9.17, 15) is 5.21 Å². The van der Waals surface area contributed by atoms with Crippen molar-refractivity contribution in [2.24, 2.45) is 4.99 Å². The van der Waals surface area contributed by atoms with Crippen molar-refractivity contribution in [2.45, 2.75) is 6.42 Å². The molecule has 1 heterocycles. The number of hydrogen-bond donors (Lipinski definition) is 0. The van der Waals surface area contributed by atoms with Crippen molar-refractivity contribution in [1.29, 1.82) is 0 Å². The minimum atomic E-state index is 0.333. The zero-order valence-corrected chi connectivity index (χ0v) is 4.00. The summed E-state index contributed by atoms with van der Waals surface area (Å²) in [5.41, 5.74) is 0. The van der Waals surface area contributed by atoms with Crippen molar-refractivity contribution in [3.63, 3.8) is 0 Å². The minimum Gasteiger partial charge on any atom is -0.784 e. The van der Waals surface area contributed by atoms with E-state index in [1.165, 1.54) is 0 Å². The average molecular weight is 99.1 g/mol. The smallest absolute Gasteiger partial charge is 0.0792 e. The van der Waals surface area contributed by atoms with Crippen molar-refractivity contribution in [3.8, 4) is 0 Å². The van der Waals surface area contributed by atoms with Gasteiger partial charge in [0.2, 0.25) is 0 Å². The molecule has 0 aromatic carbocycles. The standard InChI is InChI=1S/C4H7N2O/c7-6-3-1-2-5-4-6/h2H,1,3-4H2/q-1. The van der Waals surface area contributed by atoms with Crippen molar-refractivity contribution in [1.82, 2.24) is 5.06 Å². The van der Waals surface area contributed by atoms with Gasteiger partial charge in [-0.25, -0.2) is 0 Å². The van der Waals surface area contributed by atoms with Crippen LogP contribution >= 0.6 is 0 Å². The van der Waals surface area contributed by atoms with E-state index in [4.69, 9.17) is 0 Å². The third-order valence-electron chi connectivity index (χ3n) is 0.876. The third kappa shape index (κ3) is 1.25. The van der Waals surface area contributed by atoms with Gasteiger partial charge in [0.1, 0.15) is 0 Å². The molecule has 1 aliphatic rings. The number of rotatable bonds is 0. The van der Waals surface area contributed by atoms with Crippen LogP contribution in [0.15, 0.2) is 4.99 Å². The Balaban J connectivity index is 2.32. The maximum Gasteiger partial charge on any atom is 0.0792 e. The van der Waals surface area contributed by atoms with Gasteiger partial charge in [-0.2, -0.15) is 0 Å². The minimum absolute atomic E-state index is 0.333. The molecule has 1 rings (SSSR count). The summed E-state index contributed by atoms with van der Waals surface area (Å²) in [7, 11) is 0. The summed E-state index contributed by atoms with van der Waals surface area (Å²) in [6.45, 7) is 0.948. The summed E-state index contributed by atoms with van der Waals surface area (Å²) >= 11 is 0. The summed E-state index contributed by atoms with van der Waals surface area (Å²) in [4.78, 5) is 3.75. The van der Waals surface area contributed by atoms with E-state index in [0.29, 0.717) is 13.2 Å². The first-order valence-corrected chi connectivity index (χ1v) is 2.30. The number of nitrogens with zero attached hydrogens (tertiary/aromatic N) is 2. The van der Waals surface area contributed by atoms with Gasteiger partial charge in [0.15, 0.2) is 0 Å². The highest BCUT2D eigenvalue weighted by molar-refractivity contribution is 5.57. The lowest BCUT2D eigenvalue weighted by Gasteiger charge is -2.27. The van der Waals surface area contributed by atoms with Gasteiger partial charge in [0.25, 0.3) is 0 Å². The molecule has 3 heteroatoms. The lowest BCUT2D eigenvalue weighted by molar-refractivity contribution is 0.390. The molecule has 0 spiro atoms. The van der Waals surface area contributed by atoms with Gasteiger partial charge in [0.05, 0.1) is 6.67 Å². The topological polar surface area (TPSA) is 38.7 Å². The molecule has 0 amide bonds. The highest BCUT2D eigenvalue weighted by Crippen LogP contribution is 1.91. The Morgan fingerprint density at radius 2 is 2.57 bits per heavy atom. The van der Waals surface area contributed by atoms with E-state index in [0.717, 1.165) is 11.5 Å². The highest BCUT2D eigenvalue weighted by atomic mass is 16.5. The second-order valence-corrected chi connectivity index (χ2v) is 1.50. The molecule has 7 heavy (non-hydrogen) atoms. The Morgan fingerprint density at radius 1 is 1.71 bits per heavy atom. The molecular weight excluding hydrogens is 92.1 g/mol. The fourth-order valence-corrected chi connectivity index (χ4v) is 0.513. The number of hydrogen-bond acceptors (Lipinski definition) is 3. The second-order valence-electron chi connectivity index (χ2n) is 1.50. The molecule has 1 aliphatic heterocycles. The van der Waals surface area contributed by atoms with Crippen LogP contribution in [0.4, 0.5) is 0 Å². The van der Waals surface area contributed by atoms with Gasteiger partial charge in [-0.05, 0) is 13.0 Å². The van der Waals surface area contributed by atoms with Crippen LogP contribution in [0.25, 0.3) is 0 Å². The Bertz CT molecular complexity index is 81.8. The second kappa shape index (κ2) is 2.04. The maximum absolute atomic E-state index is 10.3. The molecule has 0 bridgehead atoms. The molecular formula is C4H7N2O-. The predicted octanol–water partition coefficient (Wildman–Crippen LogP) is 0.218. The molecule has 0 N–H and O–H groups in total. The molecule has 0 saturated heterocycles. The maximum atomic E-state index is 10.3. The monoisotopic (exact) mass is 99.1 g/mol. The Hall–Kier alpha value is -0.410. The van der Waals surface area contributed by atoms with E-state index in [-0.39, 0.29) is 0 Å². The fourth-order valence-electron chi connectivity index (χ4n) is 0.513. The van der Waals surface area contributed by atoms with Gasteiger partial charge in [-0.3, -0.25) is 4.99 Å².